The Bertz CT molecular complexity index is 955. The first-order chi connectivity index (χ1) is 14.5. The van der Waals surface area contributed by atoms with Crippen molar-refractivity contribution in [2.45, 2.75) is 63.9 Å². The van der Waals surface area contributed by atoms with Crippen LogP contribution in [0.2, 0.25) is 0 Å². The van der Waals surface area contributed by atoms with E-state index in [1.54, 1.807) is 14.2 Å². The molecule has 2 aliphatic carbocycles. The smallest absolute Gasteiger partial charge is 0.355 e. The number of hydrogen-bond acceptors (Lipinski definition) is 5. The quantitative estimate of drug-likeness (QED) is 0.719. The predicted octanol–water partition coefficient (Wildman–Crippen LogP) is 4.74. The molecule has 6 heteroatoms. The van der Waals surface area contributed by atoms with E-state index in [0.717, 1.165) is 48.4 Å². The molecule has 0 unspecified atom stereocenters. The summed E-state index contributed by atoms with van der Waals surface area (Å²) in [4.78, 5) is 29.0. The average molecular weight is 411 g/mol. The second-order valence-electron chi connectivity index (χ2n) is 8.28. The average Bonchev–Trinajstić information content (AvgIpc) is 3.11. The Morgan fingerprint density at radius 3 is 2.53 bits per heavy atom. The highest BCUT2D eigenvalue weighted by molar-refractivity contribution is 6.03. The van der Waals surface area contributed by atoms with Gasteiger partial charge in [-0.05, 0) is 62.8 Å². The third-order valence-corrected chi connectivity index (χ3v) is 6.40. The molecule has 1 atom stereocenters. The number of aromatic amines is 1. The van der Waals surface area contributed by atoms with Gasteiger partial charge in [0.15, 0.2) is 5.78 Å². The number of rotatable bonds is 5. The molecule has 1 saturated carbocycles. The first kappa shape index (κ1) is 20.5. The van der Waals surface area contributed by atoms with Crippen molar-refractivity contribution in [1.82, 2.24) is 4.98 Å². The van der Waals surface area contributed by atoms with E-state index in [-0.39, 0.29) is 23.8 Å². The van der Waals surface area contributed by atoms with Crippen LogP contribution in [-0.2, 0) is 11.2 Å². The fourth-order valence-corrected chi connectivity index (χ4v) is 4.81. The maximum Gasteiger partial charge on any atom is 0.355 e. The second-order valence-corrected chi connectivity index (χ2v) is 8.28. The number of hydrogen-bond donors (Lipinski definition) is 1. The predicted molar refractivity (Wildman–Crippen MR) is 113 cm³/mol. The maximum absolute atomic E-state index is 13.0. The number of ether oxygens (including phenoxy) is 3. The van der Waals surface area contributed by atoms with Gasteiger partial charge in [0.05, 0.1) is 14.2 Å². The number of H-pyrrole nitrogens is 1. The molecule has 30 heavy (non-hydrogen) atoms. The number of Topliss-reactive ketones (excluding diaryl/α,β-unsaturated/α-hetero) is 1. The number of carbonyl (C=O) groups is 2. The SMILES string of the molecule is COc1ccc(OC)c([C@H]2CC(=O)c3c([nH]c(C(=O)OC4CCCCC4)c3C)C2)c1. The lowest BCUT2D eigenvalue weighted by atomic mass is 9.81. The van der Waals surface area contributed by atoms with Crippen LogP contribution < -0.4 is 9.47 Å². The lowest BCUT2D eigenvalue weighted by Gasteiger charge is -2.24. The Hall–Kier alpha value is -2.76. The van der Waals surface area contributed by atoms with Gasteiger partial charge >= 0.3 is 5.97 Å². The van der Waals surface area contributed by atoms with Gasteiger partial charge in [-0.25, -0.2) is 4.79 Å². The van der Waals surface area contributed by atoms with Crippen LogP contribution in [0, 0.1) is 6.92 Å². The molecule has 1 heterocycles. The number of aromatic nitrogens is 1. The Kier molecular flexibility index (Phi) is 5.84. The molecule has 1 aromatic carbocycles. The summed E-state index contributed by atoms with van der Waals surface area (Å²) in [6, 6.07) is 5.63. The van der Waals surface area contributed by atoms with Crippen LogP contribution in [0.25, 0.3) is 0 Å². The van der Waals surface area contributed by atoms with Crippen LogP contribution >= 0.6 is 0 Å². The summed E-state index contributed by atoms with van der Waals surface area (Å²) < 4.78 is 16.6. The minimum absolute atomic E-state index is 0.0181. The van der Waals surface area contributed by atoms with Crippen molar-refractivity contribution < 1.29 is 23.8 Å². The topological polar surface area (TPSA) is 77.6 Å². The molecule has 4 rings (SSSR count). The highest BCUT2D eigenvalue weighted by Gasteiger charge is 2.34. The number of methoxy groups -OCH3 is 2. The summed E-state index contributed by atoms with van der Waals surface area (Å²) in [5.41, 5.74) is 3.50. The summed E-state index contributed by atoms with van der Waals surface area (Å²) in [6.07, 6.45) is 6.21. The highest BCUT2D eigenvalue weighted by atomic mass is 16.5. The third kappa shape index (κ3) is 3.83. The molecule has 0 aliphatic heterocycles. The van der Waals surface area contributed by atoms with E-state index >= 15 is 0 Å². The first-order valence-electron chi connectivity index (χ1n) is 10.7. The van der Waals surface area contributed by atoms with Gasteiger partial charge in [-0.3, -0.25) is 4.79 Å². The lowest BCUT2D eigenvalue weighted by molar-refractivity contribution is 0.0204. The molecule has 1 N–H and O–H groups in total. The fraction of sp³-hybridized carbons (Fsp3) is 0.500. The molecule has 1 aromatic heterocycles. The molecule has 0 radical (unpaired) electrons. The molecular formula is C24H29NO5. The largest absolute Gasteiger partial charge is 0.497 e. The minimum atomic E-state index is -0.350. The normalized spacial score (nSPS) is 19.3. The molecular weight excluding hydrogens is 382 g/mol. The zero-order chi connectivity index (χ0) is 21.3. The van der Waals surface area contributed by atoms with Crippen molar-refractivity contribution in [2.75, 3.05) is 14.2 Å². The number of fused-ring (bicyclic) bond motifs is 1. The second kappa shape index (κ2) is 8.54. The zero-order valence-electron chi connectivity index (χ0n) is 17.9. The summed E-state index contributed by atoms with van der Waals surface area (Å²) in [5.74, 6) is 1.10. The fourth-order valence-electron chi connectivity index (χ4n) is 4.81. The van der Waals surface area contributed by atoms with Crippen molar-refractivity contribution in [3.8, 4) is 11.5 Å². The summed E-state index contributed by atoms with van der Waals surface area (Å²) >= 11 is 0. The molecule has 2 aliphatic rings. The molecule has 0 amide bonds. The van der Waals surface area contributed by atoms with Crippen molar-refractivity contribution in [2.24, 2.45) is 0 Å². The minimum Gasteiger partial charge on any atom is -0.497 e. The van der Waals surface area contributed by atoms with Gasteiger partial charge in [0.1, 0.15) is 23.3 Å². The maximum atomic E-state index is 13.0. The van der Waals surface area contributed by atoms with Crippen molar-refractivity contribution in [1.29, 1.82) is 0 Å². The number of ketones is 1. The van der Waals surface area contributed by atoms with Gasteiger partial charge in [0.25, 0.3) is 0 Å². The third-order valence-electron chi connectivity index (χ3n) is 6.40. The van der Waals surface area contributed by atoms with E-state index in [9.17, 15) is 9.59 Å². The van der Waals surface area contributed by atoms with Gasteiger partial charge < -0.3 is 19.2 Å². The number of benzene rings is 1. The van der Waals surface area contributed by atoms with E-state index in [4.69, 9.17) is 14.2 Å². The van der Waals surface area contributed by atoms with Crippen molar-refractivity contribution in [3.05, 3.63) is 46.3 Å². The van der Waals surface area contributed by atoms with Gasteiger partial charge in [-0.1, -0.05) is 6.42 Å². The van der Waals surface area contributed by atoms with E-state index in [2.05, 4.69) is 4.98 Å². The Morgan fingerprint density at radius 1 is 1.07 bits per heavy atom. The standard InChI is InChI=1S/C24H29NO5/c1-14-22-19(25-23(14)24(27)30-16-7-5-4-6-8-16)11-15(12-20(22)26)18-13-17(28-2)9-10-21(18)29-3/h9-10,13,15-16,25H,4-8,11-12H2,1-3H3/t15-/m1/s1. The number of nitrogens with one attached hydrogen (secondary N) is 1. The molecule has 0 spiro atoms. The van der Waals surface area contributed by atoms with E-state index in [0.29, 0.717) is 29.7 Å². The van der Waals surface area contributed by atoms with E-state index in [1.807, 2.05) is 25.1 Å². The van der Waals surface area contributed by atoms with Crippen LogP contribution in [0.4, 0.5) is 0 Å². The monoisotopic (exact) mass is 411 g/mol. The van der Waals surface area contributed by atoms with Gasteiger partial charge in [-0.2, -0.15) is 0 Å². The van der Waals surface area contributed by atoms with Crippen molar-refractivity contribution in [3.63, 3.8) is 0 Å². The Labute approximate surface area is 176 Å². The summed E-state index contributed by atoms with van der Waals surface area (Å²) in [7, 11) is 3.24. The van der Waals surface area contributed by atoms with Crippen LogP contribution in [0.3, 0.4) is 0 Å². The van der Waals surface area contributed by atoms with Crippen molar-refractivity contribution >= 4 is 11.8 Å². The molecule has 1 fully saturated rings. The van der Waals surface area contributed by atoms with E-state index < -0.39 is 0 Å². The molecule has 0 saturated heterocycles. The van der Waals surface area contributed by atoms with Crippen LogP contribution in [-0.4, -0.2) is 37.1 Å². The molecule has 0 bridgehead atoms. The van der Waals surface area contributed by atoms with E-state index in [1.165, 1.54) is 6.42 Å². The van der Waals surface area contributed by atoms with Gasteiger partial charge in [-0.15, -0.1) is 0 Å². The first-order valence-corrected chi connectivity index (χ1v) is 10.7. The molecule has 160 valence electrons. The number of esters is 1. The lowest BCUT2D eigenvalue weighted by Crippen LogP contribution is -2.21. The highest BCUT2D eigenvalue weighted by Crippen LogP contribution is 2.40. The zero-order valence-corrected chi connectivity index (χ0v) is 17.9. The van der Waals surface area contributed by atoms with Crippen LogP contribution in [0.1, 0.15) is 82.1 Å². The van der Waals surface area contributed by atoms with Crippen LogP contribution in [0.15, 0.2) is 18.2 Å². The molecule has 6 nitrogen and oxygen atoms in total. The Balaban J connectivity index is 1.60. The summed E-state index contributed by atoms with van der Waals surface area (Å²) in [6.45, 7) is 1.83. The summed E-state index contributed by atoms with van der Waals surface area (Å²) in [5, 5.41) is 0. The van der Waals surface area contributed by atoms with Gasteiger partial charge in [0.2, 0.25) is 0 Å². The molecule has 2 aromatic rings. The number of carbonyl (C=O) groups excluding carboxylic acids is 2. The van der Waals surface area contributed by atoms with Crippen LogP contribution in [0.5, 0.6) is 11.5 Å². The van der Waals surface area contributed by atoms with Gasteiger partial charge in [0, 0.05) is 29.2 Å². The Morgan fingerprint density at radius 2 is 1.83 bits per heavy atom.